The van der Waals surface area contributed by atoms with Crippen molar-refractivity contribution in [2.45, 2.75) is 12.8 Å². The van der Waals surface area contributed by atoms with Gasteiger partial charge in [-0.25, -0.2) is 9.97 Å². The van der Waals surface area contributed by atoms with E-state index in [2.05, 4.69) is 15.0 Å². The number of fused-ring (bicyclic) bond motifs is 1. The molecule has 0 aliphatic carbocycles. The molecule has 0 aliphatic heterocycles. The highest BCUT2D eigenvalue weighted by Crippen LogP contribution is 2.31. The summed E-state index contributed by atoms with van der Waals surface area (Å²) < 4.78 is 7.09. The summed E-state index contributed by atoms with van der Waals surface area (Å²) in [5.74, 6) is 1.28. The standard InChI is InChI=1S/C14H12Cl2N4O/c1-8-4-3-5-9(16)12(8)20-10(6-15)19-11-13(20)17-7-18-14(11)21-2/h3-5,7H,6H2,1-2H3. The fourth-order valence-electron chi connectivity index (χ4n) is 2.30. The van der Waals surface area contributed by atoms with Crippen LogP contribution in [0, 0.1) is 6.92 Å². The molecule has 3 aromatic rings. The van der Waals surface area contributed by atoms with Crippen LogP contribution < -0.4 is 4.74 Å². The normalized spacial score (nSPS) is 11.0. The molecule has 0 N–H and O–H groups in total. The first-order valence-corrected chi connectivity index (χ1v) is 7.16. The van der Waals surface area contributed by atoms with Gasteiger partial charge in [-0.15, -0.1) is 11.6 Å². The molecule has 21 heavy (non-hydrogen) atoms. The number of hydrogen-bond donors (Lipinski definition) is 0. The van der Waals surface area contributed by atoms with Crippen molar-refractivity contribution in [3.63, 3.8) is 0 Å². The number of methoxy groups -OCH3 is 1. The minimum absolute atomic E-state index is 0.226. The number of nitrogens with zero attached hydrogens (tertiary/aromatic N) is 4. The van der Waals surface area contributed by atoms with E-state index in [1.54, 1.807) is 7.11 Å². The van der Waals surface area contributed by atoms with E-state index in [1.165, 1.54) is 6.33 Å². The van der Waals surface area contributed by atoms with E-state index in [0.717, 1.165) is 11.3 Å². The maximum absolute atomic E-state index is 6.36. The third kappa shape index (κ3) is 2.22. The van der Waals surface area contributed by atoms with E-state index in [1.807, 2.05) is 29.7 Å². The highest BCUT2D eigenvalue weighted by atomic mass is 35.5. The lowest BCUT2D eigenvalue weighted by atomic mass is 10.2. The van der Waals surface area contributed by atoms with Gasteiger partial charge in [0.25, 0.3) is 0 Å². The molecule has 3 rings (SSSR count). The van der Waals surface area contributed by atoms with Gasteiger partial charge in [0.2, 0.25) is 5.88 Å². The van der Waals surface area contributed by atoms with Gasteiger partial charge in [-0.2, -0.15) is 4.98 Å². The van der Waals surface area contributed by atoms with Crippen LogP contribution in [-0.4, -0.2) is 26.6 Å². The number of imidazole rings is 1. The van der Waals surface area contributed by atoms with E-state index in [9.17, 15) is 0 Å². The molecule has 5 nitrogen and oxygen atoms in total. The zero-order valence-electron chi connectivity index (χ0n) is 11.5. The summed E-state index contributed by atoms with van der Waals surface area (Å²) >= 11 is 12.4. The number of para-hydroxylation sites is 1. The highest BCUT2D eigenvalue weighted by molar-refractivity contribution is 6.32. The van der Waals surface area contributed by atoms with Gasteiger partial charge in [-0.3, -0.25) is 4.57 Å². The van der Waals surface area contributed by atoms with Gasteiger partial charge < -0.3 is 4.74 Å². The van der Waals surface area contributed by atoms with Crippen LogP contribution >= 0.6 is 23.2 Å². The van der Waals surface area contributed by atoms with E-state index in [-0.39, 0.29) is 5.88 Å². The zero-order chi connectivity index (χ0) is 15.0. The van der Waals surface area contributed by atoms with Crippen LogP contribution in [-0.2, 0) is 5.88 Å². The molecule has 2 heterocycles. The molecular formula is C14H12Cl2N4O. The average molecular weight is 323 g/mol. The molecule has 0 saturated carbocycles. The molecule has 0 unspecified atom stereocenters. The van der Waals surface area contributed by atoms with Crippen molar-refractivity contribution in [3.8, 4) is 11.6 Å². The fraction of sp³-hybridized carbons (Fsp3) is 0.214. The van der Waals surface area contributed by atoms with Crippen LogP contribution in [0.2, 0.25) is 5.02 Å². The molecule has 0 bridgehead atoms. The number of rotatable bonds is 3. The summed E-state index contributed by atoms with van der Waals surface area (Å²) in [5, 5.41) is 0.609. The van der Waals surface area contributed by atoms with Crippen LogP contribution in [0.4, 0.5) is 0 Å². The molecule has 0 spiro atoms. The largest absolute Gasteiger partial charge is 0.479 e. The zero-order valence-corrected chi connectivity index (χ0v) is 13.0. The monoisotopic (exact) mass is 322 g/mol. The summed E-state index contributed by atoms with van der Waals surface area (Å²) in [7, 11) is 1.54. The van der Waals surface area contributed by atoms with Crippen molar-refractivity contribution in [2.75, 3.05) is 7.11 Å². The number of hydrogen-bond acceptors (Lipinski definition) is 4. The minimum atomic E-state index is 0.226. The molecule has 7 heteroatoms. The van der Waals surface area contributed by atoms with Crippen molar-refractivity contribution in [2.24, 2.45) is 0 Å². The second-order valence-corrected chi connectivity index (χ2v) is 5.13. The molecule has 1 aromatic carbocycles. The summed E-state index contributed by atoms with van der Waals surface area (Å²) in [5.41, 5.74) is 3.01. The van der Waals surface area contributed by atoms with Gasteiger partial charge in [0.1, 0.15) is 12.2 Å². The Labute approximate surface area is 131 Å². The second-order valence-electron chi connectivity index (χ2n) is 4.46. The quantitative estimate of drug-likeness (QED) is 0.692. The first-order valence-electron chi connectivity index (χ1n) is 6.25. The second kappa shape index (κ2) is 5.50. The van der Waals surface area contributed by atoms with Crippen LogP contribution in [0.5, 0.6) is 5.88 Å². The predicted molar refractivity (Wildman–Crippen MR) is 82.5 cm³/mol. The van der Waals surface area contributed by atoms with Crippen molar-refractivity contribution >= 4 is 34.4 Å². The molecule has 108 valence electrons. The number of benzene rings is 1. The highest BCUT2D eigenvalue weighted by Gasteiger charge is 2.19. The number of alkyl halides is 1. The number of halogens is 2. The Balaban J connectivity index is 2.42. The molecule has 0 fully saturated rings. The Morgan fingerprint density at radius 1 is 1.29 bits per heavy atom. The molecule has 0 radical (unpaired) electrons. The number of aromatic nitrogens is 4. The third-order valence-electron chi connectivity index (χ3n) is 3.21. The maximum Gasteiger partial charge on any atom is 0.245 e. The lowest BCUT2D eigenvalue weighted by Gasteiger charge is -2.12. The summed E-state index contributed by atoms with van der Waals surface area (Å²) in [6, 6.07) is 5.70. The maximum atomic E-state index is 6.36. The van der Waals surface area contributed by atoms with Crippen molar-refractivity contribution in [1.29, 1.82) is 0 Å². The van der Waals surface area contributed by atoms with Gasteiger partial charge in [-0.05, 0) is 18.6 Å². The minimum Gasteiger partial charge on any atom is -0.479 e. The molecule has 0 saturated heterocycles. The molecular weight excluding hydrogens is 311 g/mol. The van der Waals surface area contributed by atoms with Gasteiger partial charge in [0.05, 0.1) is 23.7 Å². The van der Waals surface area contributed by atoms with Crippen LogP contribution in [0.15, 0.2) is 24.5 Å². The lowest BCUT2D eigenvalue weighted by Crippen LogP contribution is -2.03. The van der Waals surface area contributed by atoms with Crippen LogP contribution in [0.25, 0.3) is 16.9 Å². The van der Waals surface area contributed by atoms with E-state index in [4.69, 9.17) is 27.9 Å². The Morgan fingerprint density at radius 3 is 2.76 bits per heavy atom. The van der Waals surface area contributed by atoms with Crippen molar-refractivity contribution < 1.29 is 4.74 Å². The Hall–Kier alpha value is -1.85. The van der Waals surface area contributed by atoms with E-state index < -0.39 is 0 Å². The van der Waals surface area contributed by atoms with Crippen molar-refractivity contribution in [1.82, 2.24) is 19.5 Å². The summed E-state index contributed by atoms with van der Waals surface area (Å²) in [6.45, 7) is 1.98. The summed E-state index contributed by atoms with van der Waals surface area (Å²) in [6.07, 6.45) is 1.43. The van der Waals surface area contributed by atoms with Crippen LogP contribution in [0.1, 0.15) is 11.4 Å². The average Bonchev–Trinajstić information content (AvgIpc) is 2.86. The summed E-state index contributed by atoms with van der Waals surface area (Å²) in [4.78, 5) is 12.9. The smallest absolute Gasteiger partial charge is 0.245 e. The van der Waals surface area contributed by atoms with E-state index in [0.29, 0.717) is 27.9 Å². The topological polar surface area (TPSA) is 52.8 Å². The van der Waals surface area contributed by atoms with Gasteiger partial charge >= 0.3 is 0 Å². The Bertz CT molecular complexity index is 796. The molecule has 0 amide bonds. The van der Waals surface area contributed by atoms with Crippen molar-refractivity contribution in [3.05, 3.63) is 40.9 Å². The van der Waals surface area contributed by atoms with Gasteiger partial charge in [0.15, 0.2) is 11.2 Å². The number of aryl methyl sites for hydroxylation is 1. The Kier molecular flexibility index (Phi) is 3.69. The van der Waals surface area contributed by atoms with E-state index >= 15 is 0 Å². The third-order valence-corrected chi connectivity index (χ3v) is 3.75. The molecule has 0 atom stereocenters. The molecule has 0 aliphatic rings. The fourth-order valence-corrected chi connectivity index (χ4v) is 2.78. The molecule has 2 aromatic heterocycles. The van der Waals surface area contributed by atoms with Crippen LogP contribution in [0.3, 0.4) is 0 Å². The predicted octanol–water partition coefficient (Wildman–Crippen LogP) is 3.52. The first kappa shape index (κ1) is 14.1. The SMILES string of the molecule is COc1ncnc2c1nc(CCl)n2-c1c(C)cccc1Cl. The lowest BCUT2D eigenvalue weighted by molar-refractivity contribution is 0.401. The van der Waals surface area contributed by atoms with Gasteiger partial charge in [0, 0.05) is 0 Å². The first-order chi connectivity index (χ1) is 10.2. The Morgan fingerprint density at radius 2 is 2.10 bits per heavy atom. The van der Waals surface area contributed by atoms with Gasteiger partial charge in [-0.1, -0.05) is 23.7 Å². The number of ether oxygens (including phenoxy) is 1.